The molecule has 0 aliphatic rings. The lowest BCUT2D eigenvalue weighted by molar-refractivity contribution is -0.123. The van der Waals surface area contributed by atoms with Crippen LogP contribution in [-0.4, -0.2) is 50.6 Å². The van der Waals surface area contributed by atoms with Gasteiger partial charge < -0.3 is 10.1 Å². The van der Waals surface area contributed by atoms with Crippen molar-refractivity contribution in [1.29, 1.82) is 0 Å². The van der Waals surface area contributed by atoms with E-state index in [1.807, 2.05) is 0 Å². The van der Waals surface area contributed by atoms with Crippen molar-refractivity contribution in [1.82, 2.24) is 4.31 Å². The number of carbonyl (C=O) groups is 3. The molecule has 0 fully saturated rings. The highest BCUT2D eigenvalue weighted by Gasteiger charge is 2.21. The lowest BCUT2D eigenvalue weighted by Gasteiger charge is -2.14. The van der Waals surface area contributed by atoms with Crippen LogP contribution in [0.1, 0.15) is 34.6 Å². The topological polar surface area (TPSA) is 110 Å². The molecule has 2 aromatic carbocycles. The number of esters is 1. The minimum atomic E-state index is -3.61. The number of nitrogens with zero attached hydrogens (tertiary/aromatic N) is 1. The van der Waals surface area contributed by atoms with Crippen molar-refractivity contribution in [2.45, 2.75) is 24.8 Å². The summed E-state index contributed by atoms with van der Waals surface area (Å²) in [5.74, 6) is -1.47. The molecule has 0 aliphatic carbocycles. The molecule has 0 saturated heterocycles. The highest BCUT2D eigenvalue weighted by Crippen LogP contribution is 2.16. The number of carbonyl (C=O) groups excluding carboxylic acids is 3. The number of nitrogens with one attached hydrogen (secondary N) is 1. The maximum absolute atomic E-state index is 12.3. The number of hydrogen-bond donors (Lipinski definition) is 1. The molecule has 0 spiro atoms. The van der Waals surface area contributed by atoms with E-state index in [0.29, 0.717) is 11.3 Å². The van der Waals surface area contributed by atoms with Gasteiger partial charge in [-0.05, 0) is 50.2 Å². The van der Waals surface area contributed by atoms with E-state index in [4.69, 9.17) is 4.74 Å². The molecule has 0 radical (unpaired) electrons. The summed E-state index contributed by atoms with van der Waals surface area (Å²) in [6.45, 7) is 2.83. The second-order valence-electron chi connectivity index (χ2n) is 6.49. The molecule has 2 rings (SSSR count). The zero-order chi connectivity index (χ0) is 21.8. The molecule has 1 atom stereocenters. The number of ether oxygens (including phenoxy) is 1. The van der Waals surface area contributed by atoms with Crippen LogP contribution in [0.3, 0.4) is 0 Å². The maximum atomic E-state index is 12.3. The van der Waals surface area contributed by atoms with Crippen molar-refractivity contribution in [3.05, 3.63) is 59.7 Å². The van der Waals surface area contributed by atoms with Gasteiger partial charge in [0.2, 0.25) is 10.0 Å². The molecule has 29 heavy (non-hydrogen) atoms. The molecule has 0 bridgehead atoms. The first-order chi connectivity index (χ1) is 13.5. The normalized spacial score (nSPS) is 12.3. The van der Waals surface area contributed by atoms with Crippen LogP contribution >= 0.6 is 0 Å². The highest BCUT2D eigenvalue weighted by molar-refractivity contribution is 7.89. The highest BCUT2D eigenvalue weighted by atomic mass is 32.2. The van der Waals surface area contributed by atoms with E-state index >= 15 is 0 Å². The Morgan fingerprint density at radius 2 is 1.62 bits per heavy atom. The molecule has 0 heterocycles. The third-order valence-corrected chi connectivity index (χ3v) is 5.89. The Balaban J connectivity index is 2.04. The molecule has 1 amide bonds. The number of sulfonamides is 1. The Bertz CT molecular complexity index is 1030. The Hall–Kier alpha value is -3.04. The van der Waals surface area contributed by atoms with Gasteiger partial charge in [0.05, 0.1) is 10.5 Å². The van der Waals surface area contributed by atoms with Gasteiger partial charge >= 0.3 is 5.97 Å². The van der Waals surface area contributed by atoms with E-state index in [1.54, 1.807) is 18.2 Å². The van der Waals surface area contributed by atoms with Crippen molar-refractivity contribution in [3.8, 4) is 0 Å². The number of hydrogen-bond acceptors (Lipinski definition) is 6. The third kappa shape index (κ3) is 5.49. The van der Waals surface area contributed by atoms with Gasteiger partial charge in [0.15, 0.2) is 11.9 Å². The number of ketones is 1. The molecule has 154 valence electrons. The largest absolute Gasteiger partial charge is 0.449 e. The van der Waals surface area contributed by atoms with E-state index in [1.165, 1.54) is 58.3 Å². The summed E-state index contributed by atoms with van der Waals surface area (Å²) in [7, 11) is -0.794. The SMILES string of the molecule is CC(=O)c1cccc(NC(=O)[C@@H](C)OC(=O)c2ccc(S(=O)(=O)N(C)C)cc2)c1. The Morgan fingerprint density at radius 3 is 2.17 bits per heavy atom. The number of Topliss-reactive ketones (excluding diaryl/α,β-unsaturated/α-hetero) is 1. The first-order valence-corrected chi connectivity index (χ1v) is 10.1. The molecule has 2 aromatic rings. The molecule has 0 aromatic heterocycles. The fourth-order valence-corrected chi connectivity index (χ4v) is 3.22. The molecule has 0 unspecified atom stereocenters. The summed E-state index contributed by atoms with van der Waals surface area (Å²) in [5, 5.41) is 2.58. The van der Waals surface area contributed by atoms with Crippen molar-refractivity contribution < 1.29 is 27.5 Å². The van der Waals surface area contributed by atoms with E-state index in [9.17, 15) is 22.8 Å². The third-order valence-electron chi connectivity index (χ3n) is 4.06. The van der Waals surface area contributed by atoms with Gasteiger partial charge in [-0.25, -0.2) is 17.5 Å². The zero-order valence-corrected chi connectivity index (χ0v) is 17.3. The molecule has 8 nitrogen and oxygen atoms in total. The summed E-state index contributed by atoms with van der Waals surface area (Å²) in [5.41, 5.74) is 0.963. The van der Waals surface area contributed by atoms with Gasteiger partial charge in [0.25, 0.3) is 5.91 Å². The van der Waals surface area contributed by atoms with Crippen LogP contribution in [0, 0.1) is 0 Å². The Kier molecular flexibility index (Phi) is 6.89. The summed E-state index contributed by atoms with van der Waals surface area (Å²) < 4.78 is 30.3. The van der Waals surface area contributed by atoms with E-state index in [-0.39, 0.29) is 16.2 Å². The smallest absolute Gasteiger partial charge is 0.338 e. The average Bonchev–Trinajstić information content (AvgIpc) is 2.67. The standard InChI is InChI=1S/C20H22N2O6S/c1-13(23)16-6-5-7-17(12-16)21-19(24)14(2)28-20(25)15-8-10-18(11-9-15)29(26,27)22(3)4/h5-12,14H,1-4H3,(H,21,24)/t14-/m1/s1. The van der Waals surface area contributed by atoms with Crippen LogP contribution in [0.4, 0.5) is 5.69 Å². The van der Waals surface area contributed by atoms with Crippen LogP contribution in [0.15, 0.2) is 53.4 Å². The van der Waals surface area contributed by atoms with Crippen molar-refractivity contribution in [2.75, 3.05) is 19.4 Å². The first-order valence-electron chi connectivity index (χ1n) is 8.68. The van der Waals surface area contributed by atoms with Crippen LogP contribution in [-0.2, 0) is 19.6 Å². The average molecular weight is 418 g/mol. The summed E-state index contributed by atoms with van der Waals surface area (Å²) >= 11 is 0. The summed E-state index contributed by atoms with van der Waals surface area (Å²) in [6, 6.07) is 11.6. The van der Waals surface area contributed by atoms with Crippen molar-refractivity contribution in [2.24, 2.45) is 0 Å². The number of rotatable bonds is 7. The summed E-state index contributed by atoms with van der Waals surface area (Å²) in [6.07, 6.45) is -1.10. The lowest BCUT2D eigenvalue weighted by atomic mass is 10.1. The quantitative estimate of drug-likeness (QED) is 0.546. The van der Waals surface area contributed by atoms with Gasteiger partial charge in [0, 0.05) is 25.3 Å². The van der Waals surface area contributed by atoms with Crippen LogP contribution in [0.25, 0.3) is 0 Å². The molecule has 0 saturated carbocycles. The minimum Gasteiger partial charge on any atom is -0.449 e. The van der Waals surface area contributed by atoms with E-state index < -0.39 is 28.0 Å². The predicted octanol–water partition coefficient (Wildman–Crippen LogP) is 2.32. The van der Waals surface area contributed by atoms with Gasteiger partial charge in [-0.1, -0.05) is 12.1 Å². The second-order valence-corrected chi connectivity index (χ2v) is 8.64. The maximum Gasteiger partial charge on any atom is 0.338 e. The summed E-state index contributed by atoms with van der Waals surface area (Å²) in [4.78, 5) is 36.0. The van der Waals surface area contributed by atoms with Gasteiger partial charge in [-0.2, -0.15) is 0 Å². The number of benzene rings is 2. The van der Waals surface area contributed by atoms with Gasteiger partial charge in [-0.3, -0.25) is 9.59 Å². The predicted molar refractivity (Wildman–Crippen MR) is 107 cm³/mol. The van der Waals surface area contributed by atoms with Crippen LogP contribution in [0.5, 0.6) is 0 Å². The lowest BCUT2D eigenvalue weighted by Crippen LogP contribution is -2.30. The molecule has 9 heteroatoms. The Labute approximate surface area is 169 Å². The van der Waals surface area contributed by atoms with Crippen LogP contribution < -0.4 is 5.32 Å². The Morgan fingerprint density at radius 1 is 1.00 bits per heavy atom. The minimum absolute atomic E-state index is 0.0372. The van der Waals surface area contributed by atoms with Crippen LogP contribution in [0.2, 0.25) is 0 Å². The first kappa shape index (κ1) is 22.3. The zero-order valence-electron chi connectivity index (χ0n) is 16.5. The molecule has 1 N–H and O–H groups in total. The van der Waals surface area contributed by atoms with E-state index in [0.717, 1.165) is 4.31 Å². The van der Waals surface area contributed by atoms with Crippen molar-refractivity contribution in [3.63, 3.8) is 0 Å². The second kappa shape index (κ2) is 8.97. The van der Waals surface area contributed by atoms with Gasteiger partial charge in [0.1, 0.15) is 0 Å². The number of amides is 1. The van der Waals surface area contributed by atoms with Crippen molar-refractivity contribution >= 4 is 33.4 Å². The fourth-order valence-electron chi connectivity index (χ4n) is 2.32. The van der Waals surface area contributed by atoms with E-state index in [2.05, 4.69) is 5.32 Å². The fraction of sp³-hybridized carbons (Fsp3) is 0.250. The molecule has 0 aliphatic heterocycles. The molecular formula is C20H22N2O6S. The number of anilines is 1. The monoisotopic (exact) mass is 418 g/mol. The van der Waals surface area contributed by atoms with Gasteiger partial charge in [-0.15, -0.1) is 0 Å². The molecular weight excluding hydrogens is 396 g/mol.